The van der Waals surface area contributed by atoms with Crippen LogP contribution in [0.2, 0.25) is 0 Å². The predicted octanol–water partition coefficient (Wildman–Crippen LogP) is 5.12. The van der Waals surface area contributed by atoms with Crippen molar-refractivity contribution in [1.29, 1.82) is 0 Å². The molecule has 0 aromatic heterocycles. The lowest BCUT2D eigenvalue weighted by atomic mass is 9.89. The van der Waals surface area contributed by atoms with Gasteiger partial charge in [0.05, 0.1) is 0 Å². The smallest absolute Gasteiger partial charge is 0.00101 e. The molecule has 0 N–H and O–H groups in total. The minimum absolute atomic E-state index is 0. The summed E-state index contributed by atoms with van der Waals surface area (Å²) in [6.07, 6.45) is 14.9. The van der Waals surface area contributed by atoms with Crippen molar-refractivity contribution in [2.45, 2.75) is 19.3 Å². The number of hydrogen-bond acceptors (Lipinski definition) is 1. The van der Waals surface area contributed by atoms with Crippen LogP contribution >= 0.6 is 12.4 Å². The van der Waals surface area contributed by atoms with Crippen molar-refractivity contribution in [2.24, 2.45) is 0 Å². The molecule has 0 radical (unpaired) electrons. The molecule has 2 heteroatoms. The van der Waals surface area contributed by atoms with Gasteiger partial charge in [0, 0.05) is 6.54 Å². The molecule has 0 fully saturated rings. The molecule has 0 aliphatic heterocycles. The normalized spacial score (nSPS) is 18.0. The second-order valence-corrected chi connectivity index (χ2v) is 6.01. The second-order valence-electron chi connectivity index (χ2n) is 6.01. The topological polar surface area (TPSA) is 3.24 Å². The zero-order valence-electron chi connectivity index (χ0n) is 13.4. The van der Waals surface area contributed by atoms with Crippen molar-refractivity contribution in [2.75, 3.05) is 20.6 Å². The summed E-state index contributed by atoms with van der Waals surface area (Å²) >= 11 is 0. The number of halogens is 1. The van der Waals surface area contributed by atoms with Crippen LogP contribution in [-0.2, 0) is 0 Å². The third kappa shape index (κ3) is 3.60. The van der Waals surface area contributed by atoms with Gasteiger partial charge in [-0.05, 0) is 61.2 Å². The Hall–Kier alpha value is -1.57. The molecule has 0 amide bonds. The van der Waals surface area contributed by atoms with Gasteiger partial charge in [-0.15, -0.1) is 12.4 Å². The minimum Gasteiger partial charge on any atom is -0.309 e. The molecule has 1 nitrogen and oxygen atoms in total. The van der Waals surface area contributed by atoms with Gasteiger partial charge in [-0.1, -0.05) is 54.6 Å². The Morgan fingerprint density at radius 1 is 1.05 bits per heavy atom. The molecule has 0 bridgehead atoms. The third-order valence-corrected chi connectivity index (χ3v) is 4.15. The second kappa shape index (κ2) is 7.62. The number of rotatable bonds is 3. The third-order valence-electron chi connectivity index (χ3n) is 4.15. The molecule has 0 heterocycles. The number of allylic oxidation sites excluding steroid dienone is 7. The SMILES string of the molecule is CN(C)CCC=C1C=CC2=C(CCC=C2)c2ccccc21.Cl. The molecule has 1 aromatic carbocycles. The van der Waals surface area contributed by atoms with Gasteiger partial charge in [0.25, 0.3) is 0 Å². The standard InChI is InChI=1S/C20H23N.ClH/c1-21(2)15-7-9-17-14-13-16-8-3-4-10-18(16)20-12-6-5-11-19(17)20;/h3,5-6,8-9,11-14H,4,7,10,15H2,1-2H3;1H. The first-order chi connectivity index (χ1) is 10.3. The van der Waals surface area contributed by atoms with E-state index in [2.05, 4.69) is 73.6 Å². The van der Waals surface area contributed by atoms with Crippen LogP contribution < -0.4 is 0 Å². The Morgan fingerprint density at radius 3 is 2.59 bits per heavy atom. The van der Waals surface area contributed by atoms with Crippen molar-refractivity contribution in [3.63, 3.8) is 0 Å². The van der Waals surface area contributed by atoms with Crippen LogP contribution in [0.5, 0.6) is 0 Å². The highest BCUT2D eigenvalue weighted by Gasteiger charge is 2.16. The van der Waals surface area contributed by atoms with Crippen molar-refractivity contribution in [3.8, 4) is 0 Å². The van der Waals surface area contributed by atoms with Gasteiger partial charge in [-0.25, -0.2) is 0 Å². The summed E-state index contributed by atoms with van der Waals surface area (Å²) in [5.41, 5.74) is 7.03. The largest absolute Gasteiger partial charge is 0.309 e. The summed E-state index contributed by atoms with van der Waals surface area (Å²) in [6, 6.07) is 8.84. The fourth-order valence-electron chi connectivity index (χ4n) is 3.05. The summed E-state index contributed by atoms with van der Waals surface area (Å²) in [5, 5.41) is 0. The van der Waals surface area contributed by atoms with Crippen LogP contribution in [0.3, 0.4) is 0 Å². The van der Waals surface area contributed by atoms with E-state index in [0.717, 1.165) is 25.8 Å². The van der Waals surface area contributed by atoms with E-state index in [1.54, 1.807) is 0 Å². The van der Waals surface area contributed by atoms with Crippen LogP contribution in [0, 0.1) is 0 Å². The van der Waals surface area contributed by atoms with Crippen LogP contribution in [-0.4, -0.2) is 25.5 Å². The summed E-state index contributed by atoms with van der Waals surface area (Å²) in [5.74, 6) is 0. The Morgan fingerprint density at radius 2 is 1.82 bits per heavy atom. The lowest BCUT2D eigenvalue weighted by Crippen LogP contribution is -2.12. The number of hydrogen-bond donors (Lipinski definition) is 0. The van der Waals surface area contributed by atoms with Gasteiger partial charge in [0.15, 0.2) is 0 Å². The molecular weight excluding hydrogens is 290 g/mol. The van der Waals surface area contributed by atoms with Crippen molar-refractivity contribution < 1.29 is 0 Å². The minimum atomic E-state index is 0. The summed E-state index contributed by atoms with van der Waals surface area (Å²) in [4.78, 5) is 2.23. The lowest BCUT2D eigenvalue weighted by Gasteiger charge is -2.16. The van der Waals surface area contributed by atoms with Gasteiger partial charge in [-0.2, -0.15) is 0 Å². The van der Waals surface area contributed by atoms with Gasteiger partial charge in [0.1, 0.15) is 0 Å². The molecule has 22 heavy (non-hydrogen) atoms. The molecular formula is C20H24ClN. The van der Waals surface area contributed by atoms with Crippen LogP contribution in [0.25, 0.3) is 11.1 Å². The Balaban J connectivity index is 0.00000176. The summed E-state index contributed by atoms with van der Waals surface area (Å²) in [7, 11) is 4.25. The van der Waals surface area contributed by atoms with Crippen molar-refractivity contribution in [3.05, 3.63) is 71.3 Å². The van der Waals surface area contributed by atoms with Crippen LogP contribution in [0.1, 0.15) is 30.4 Å². The zero-order valence-corrected chi connectivity index (χ0v) is 14.2. The first-order valence-electron chi connectivity index (χ1n) is 7.78. The number of nitrogens with zero attached hydrogens (tertiary/aromatic N) is 1. The molecule has 0 saturated carbocycles. The fourth-order valence-corrected chi connectivity index (χ4v) is 3.05. The van der Waals surface area contributed by atoms with Gasteiger partial charge < -0.3 is 4.90 Å². The molecule has 116 valence electrons. The van der Waals surface area contributed by atoms with Crippen molar-refractivity contribution in [1.82, 2.24) is 4.90 Å². The molecule has 1 aromatic rings. The first-order valence-corrected chi connectivity index (χ1v) is 7.78. The van der Waals surface area contributed by atoms with E-state index in [0.29, 0.717) is 0 Å². The number of fused-ring (bicyclic) bond motifs is 2. The molecule has 0 atom stereocenters. The van der Waals surface area contributed by atoms with E-state index >= 15 is 0 Å². The quantitative estimate of drug-likeness (QED) is 0.749. The van der Waals surface area contributed by atoms with Crippen LogP contribution in [0.4, 0.5) is 0 Å². The molecule has 0 spiro atoms. The van der Waals surface area contributed by atoms with E-state index in [-0.39, 0.29) is 12.4 Å². The Kier molecular flexibility index (Phi) is 5.82. The van der Waals surface area contributed by atoms with Gasteiger partial charge >= 0.3 is 0 Å². The first kappa shape index (κ1) is 16.8. The average Bonchev–Trinajstić information content (AvgIpc) is 2.65. The zero-order chi connectivity index (χ0) is 14.7. The summed E-state index contributed by atoms with van der Waals surface area (Å²) < 4.78 is 0. The van der Waals surface area contributed by atoms with E-state index in [1.165, 1.54) is 27.8 Å². The predicted molar refractivity (Wildman–Crippen MR) is 99.3 cm³/mol. The van der Waals surface area contributed by atoms with Gasteiger partial charge in [-0.3, -0.25) is 0 Å². The monoisotopic (exact) mass is 313 g/mol. The van der Waals surface area contributed by atoms with E-state index in [4.69, 9.17) is 0 Å². The van der Waals surface area contributed by atoms with E-state index in [1.807, 2.05) is 0 Å². The Labute approximate surface area is 140 Å². The highest BCUT2D eigenvalue weighted by Crippen LogP contribution is 2.37. The molecule has 3 rings (SSSR count). The highest BCUT2D eigenvalue weighted by molar-refractivity contribution is 5.89. The molecule has 0 saturated heterocycles. The maximum Gasteiger partial charge on any atom is 0.00101 e. The fraction of sp³-hybridized carbons (Fsp3) is 0.300. The van der Waals surface area contributed by atoms with Crippen LogP contribution in [0.15, 0.2) is 60.2 Å². The van der Waals surface area contributed by atoms with E-state index in [9.17, 15) is 0 Å². The van der Waals surface area contributed by atoms with Crippen molar-refractivity contribution >= 4 is 23.6 Å². The van der Waals surface area contributed by atoms with E-state index < -0.39 is 0 Å². The lowest BCUT2D eigenvalue weighted by molar-refractivity contribution is 0.417. The Bertz CT molecular complexity index is 647. The highest BCUT2D eigenvalue weighted by atomic mass is 35.5. The maximum absolute atomic E-state index is 2.37. The molecule has 0 unspecified atom stereocenters. The maximum atomic E-state index is 2.37. The average molecular weight is 314 g/mol. The molecule has 2 aliphatic rings. The molecule has 2 aliphatic carbocycles. The van der Waals surface area contributed by atoms with Gasteiger partial charge in [0.2, 0.25) is 0 Å². The summed E-state index contributed by atoms with van der Waals surface area (Å²) in [6.45, 7) is 1.09. The number of benzene rings is 1.